The summed E-state index contributed by atoms with van der Waals surface area (Å²) in [4.78, 5) is 25.5. The van der Waals surface area contributed by atoms with E-state index in [2.05, 4.69) is 50.4 Å². The molecular formula is C34H37NO6SSi. The molecule has 0 saturated carbocycles. The predicted octanol–water partition coefficient (Wildman–Crippen LogP) is 4.91. The molecule has 0 aliphatic carbocycles. The van der Waals surface area contributed by atoms with Gasteiger partial charge in [0.2, 0.25) is 0 Å². The number of sulfone groups is 1. The van der Waals surface area contributed by atoms with Crippen LogP contribution in [0.25, 0.3) is 11.1 Å². The third-order valence-electron chi connectivity index (χ3n) is 7.51. The maximum atomic E-state index is 13.1. The van der Waals surface area contributed by atoms with Crippen LogP contribution >= 0.6 is 0 Å². The van der Waals surface area contributed by atoms with Crippen molar-refractivity contribution >= 4 is 40.4 Å². The number of carbonyl (C=O) groups excluding carboxylic acids is 1. The highest BCUT2D eigenvalue weighted by Crippen LogP contribution is 2.36. The molecule has 4 aromatic rings. The molecule has 0 heterocycles. The molecule has 7 nitrogen and oxygen atoms in total. The Morgan fingerprint density at radius 3 is 1.67 bits per heavy atom. The summed E-state index contributed by atoms with van der Waals surface area (Å²) in [5.74, 6) is -1.64. The normalized spacial score (nSPS) is 12.8. The van der Waals surface area contributed by atoms with Crippen LogP contribution in [0, 0.1) is 0 Å². The summed E-state index contributed by atoms with van der Waals surface area (Å²) in [6, 6.07) is 32.3. The molecule has 0 aliphatic rings. The zero-order valence-corrected chi connectivity index (χ0v) is 26.6. The van der Waals surface area contributed by atoms with Gasteiger partial charge in [-0.1, -0.05) is 106 Å². The molecule has 2 N–H and O–H groups in total. The Labute approximate surface area is 254 Å². The molecule has 0 spiro atoms. The van der Waals surface area contributed by atoms with E-state index in [1.54, 1.807) is 36.4 Å². The Bertz CT molecular complexity index is 1610. The lowest BCUT2D eigenvalue weighted by Gasteiger charge is -2.43. The lowest BCUT2D eigenvalue weighted by Crippen LogP contribution is -2.66. The van der Waals surface area contributed by atoms with E-state index in [1.807, 2.05) is 36.4 Å². The Morgan fingerprint density at radius 2 is 1.26 bits per heavy atom. The number of carbonyl (C=O) groups is 2. The molecule has 1 atom stereocenters. The fourth-order valence-electron chi connectivity index (χ4n) is 5.30. The van der Waals surface area contributed by atoms with Crippen molar-refractivity contribution in [1.29, 1.82) is 0 Å². The number of nitrogens with one attached hydrogen (secondary N) is 1. The van der Waals surface area contributed by atoms with Gasteiger partial charge in [-0.3, -0.25) is 4.79 Å². The molecule has 1 amide bonds. The number of hydrogen-bond donors (Lipinski definition) is 2. The minimum Gasteiger partial charge on any atom is -0.480 e. The lowest BCUT2D eigenvalue weighted by atomic mass is 10.0. The van der Waals surface area contributed by atoms with Crippen LogP contribution in [0.5, 0.6) is 0 Å². The highest BCUT2D eigenvalue weighted by Gasteiger charge is 2.50. The molecule has 0 saturated heterocycles. The van der Waals surface area contributed by atoms with Crippen LogP contribution in [0.4, 0.5) is 0 Å². The van der Waals surface area contributed by atoms with E-state index in [4.69, 9.17) is 4.43 Å². The number of hydrogen-bond acceptors (Lipinski definition) is 5. The first-order valence-corrected chi connectivity index (χ1v) is 17.8. The van der Waals surface area contributed by atoms with Gasteiger partial charge in [-0.25, -0.2) is 13.2 Å². The maximum Gasteiger partial charge on any atom is 0.326 e. The molecule has 0 aromatic heterocycles. The monoisotopic (exact) mass is 615 g/mol. The SMILES string of the molecule is CC(C)(C)[Si](OCC[C@H](NC(=O)c1ccc(-c2ccc(S(C)(=O)=O)cc2)cc1)C(=O)O)(c1ccccc1)c1ccccc1. The van der Waals surface area contributed by atoms with Gasteiger partial charge in [0.25, 0.3) is 14.2 Å². The van der Waals surface area contributed by atoms with Crippen LogP contribution in [0.15, 0.2) is 114 Å². The molecular weight excluding hydrogens is 579 g/mol. The molecule has 0 bridgehead atoms. The minimum atomic E-state index is -3.30. The second-order valence-electron chi connectivity index (χ2n) is 11.5. The van der Waals surface area contributed by atoms with E-state index in [1.165, 1.54) is 12.1 Å². The van der Waals surface area contributed by atoms with E-state index < -0.39 is 36.1 Å². The maximum absolute atomic E-state index is 13.1. The van der Waals surface area contributed by atoms with Crippen molar-refractivity contribution in [3.63, 3.8) is 0 Å². The second kappa shape index (κ2) is 13.1. The van der Waals surface area contributed by atoms with Gasteiger partial charge in [0.1, 0.15) is 6.04 Å². The van der Waals surface area contributed by atoms with E-state index >= 15 is 0 Å². The van der Waals surface area contributed by atoms with E-state index in [-0.39, 0.29) is 23.0 Å². The largest absolute Gasteiger partial charge is 0.480 e. The average molecular weight is 616 g/mol. The molecule has 4 rings (SSSR count). The summed E-state index contributed by atoms with van der Waals surface area (Å²) in [7, 11) is -6.14. The molecule has 9 heteroatoms. The van der Waals surface area contributed by atoms with Gasteiger partial charge in [-0.2, -0.15) is 0 Å². The van der Waals surface area contributed by atoms with E-state index in [9.17, 15) is 23.1 Å². The van der Waals surface area contributed by atoms with Crippen LogP contribution in [0.3, 0.4) is 0 Å². The first-order chi connectivity index (χ1) is 20.3. The van der Waals surface area contributed by atoms with E-state index in [0.717, 1.165) is 27.8 Å². The van der Waals surface area contributed by atoms with Crippen molar-refractivity contribution < 1.29 is 27.5 Å². The number of amides is 1. The summed E-state index contributed by atoms with van der Waals surface area (Å²) in [6.07, 6.45) is 1.25. The standard InChI is InChI=1S/C34H37NO6SSi/c1-34(2,3)43(29-11-7-5-8-12-29,30-13-9-6-10-14-30)41-24-23-31(33(37)38)35-32(36)27-17-15-25(16-18-27)26-19-21-28(22-20-26)42(4,39)40/h5-22,31H,23-24H2,1-4H3,(H,35,36)(H,37,38)/t31-/m0/s1. The Balaban J connectivity index is 1.49. The third-order valence-corrected chi connectivity index (χ3v) is 13.7. The summed E-state index contributed by atoms with van der Waals surface area (Å²) in [6.45, 7) is 6.60. The second-order valence-corrected chi connectivity index (χ2v) is 17.9. The lowest BCUT2D eigenvalue weighted by molar-refractivity contribution is -0.139. The zero-order chi connectivity index (χ0) is 31.3. The quantitative estimate of drug-likeness (QED) is 0.232. The molecule has 0 aliphatic heterocycles. The highest BCUT2D eigenvalue weighted by atomic mass is 32.2. The van der Waals surface area contributed by atoms with Gasteiger partial charge >= 0.3 is 5.97 Å². The molecule has 4 aromatic carbocycles. The van der Waals surface area contributed by atoms with Gasteiger partial charge in [-0.05, 0) is 50.8 Å². The number of benzene rings is 4. The van der Waals surface area contributed by atoms with Crippen molar-refractivity contribution in [3.8, 4) is 11.1 Å². The van der Waals surface area contributed by atoms with Crippen molar-refractivity contribution in [1.82, 2.24) is 5.32 Å². The van der Waals surface area contributed by atoms with Crippen molar-refractivity contribution in [2.24, 2.45) is 0 Å². The first-order valence-electron chi connectivity index (χ1n) is 14.0. The predicted molar refractivity (Wildman–Crippen MR) is 172 cm³/mol. The molecule has 43 heavy (non-hydrogen) atoms. The highest BCUT2D eigenvalue weighted by molar-refractivity contribution is 7.90. The Morgan fingerprint density at radius 1 is 0.791 bits per heavy atom. The molecule has 0 unspecified atom stereocenters. The van der Waals surface area contributed by atoms with Crippen LogP contribution in [0.2, 0.25) is 5.04 Å². The van der Waals surface area contributed by atoms with Crippen LogP contribution in [-0.4, -0.2) is 52.6 Å². The smallest absolute Gasteiger partial charge is 0.326 e. The number of rotatable bonds is 11. The topological polar surface area (TPSA) is 110 Å². The van der Waals surface area contributed by atoms with Crippen LogP contribution < -0.4 is 15.7 Å². The van der Waals surface area contributed by atoms with Crippen molar-refractivity contribution in [3.05, 3.63) is 115 Å². The fraction of sp³-hybridized carbons (Fsp3) is 0.235. The molecule has 224 valence electrons. The van der Waals surface area contributed by atoms with Gasteiger partial charge in [0.05, 0.1) is 4.90 Å². The number of carboxylic acids is 1. The third kappa shape index (κ3) is 7.30. The summed E-state index contributed by atoms with van der Waals surface area (Å²) < 4.78 is 30.3. The molecule has 0 fully saturated rings. The van der Waals surface area contributed by atoms with Crippen molar-refractivity contribution in [2.75, 3.05) is 12.9 Å². The molecule has 0 radical (unpaired) electrons. The fourth-order valence-corrected chi connectivity index (χ4v) is 10.5. The summed E-state index contributed by atoms with van der Waals surface area (Å²) in [5.41, 5.74) is 1.91. The van der Waals surface area contributed by atoms with E-state index in [0.29, 0.717) is 5.56 Å². The first kappa shape index (κ1) is 31.9. The van der Waals surface area contributed by atoms with Crippen molar-refractivity contribution in [2.45, 2.75) is 43.2 Å². The van der Waals surface area contributed by atoms with Gasteiger partial charge in [0, 0.05) is 24.8 Å². The van der Waals surface area contributed by atoms with Crippen LogP contribution in [0.1, 0.15) is 37.6 Å². The summed E-state index contributed by atoms with van der Waals surface area (Å²) >= 11 is 0. The van der Waals surface area contributed by atoms with Gasteiger partial charge in [-0.15, -0.1) is 0 Å². The van der Waals surface area contributed by atoms with Crippen LogP contribution in [-0.2, 0) is 19.1 Å². The Kier molecular flexibility index (Phi) is 9.69. The average Bonchev–Trinajstić information content (AvgIpc) is 2.98. The van der Waals surface area contributed by atoms with Gasteiger partial charge < -0.3 is 14.8 Å². The summed E-state index contributed by atoms with van der Waals surface area (Å²) in [5, 5.41) is 14.5. The zero-order valence-electron chi connectivity index (χ0n) is 24.8. The number of aliphatic carboxylic acids is 1. The minimum absolute atomic E-state index is 0.0936. The Hall–Kier alpha value is -4.05. The van der Waals surface area contributed by atoms with Gasteiger partial charge in [0.15, 0.2) is 9.84 Å². The number of carboxylic acid groups (broad SMARTS) is 1.